The summed E-state index contributed by atoms with van der Waals surface area (Å²) in [6.45, 7) is 0. The van der Waals surface area contributed by atoms with Gasteiger partial charge in [-0.05, 0) is 53.1 Å². The van der Waals surface area contributed by atoms with Gasteiger partial charge in [-0.1, -0.05) is 60.2 Å². The summed E-state index contributed by atoms with van der Waals surface area (Å²) in [5.74, 6) is -0.249. The first kappa shape index (κ1) is 20.4. The maximum atomic E-state index is 12.2. The lowest BCUT2D eigenvalue weighted by Gasteiger charge is -2.12. The summed E-state index contributed by atoms with van der Waals surface area (Å²) >= 11 is 6.18. The van der Waals surface area contributed by atoms with Crippen LogP contribution in [-0.4, -0.2) is 26.2 Å². The molecule has 0 aromatic heterocycles. The van der Waals surface area contributed by atoms with Crippen LogP contribution in [0, 0.1) is 0 Å². The van der Waals surface area contributed by atoms with Crippen LogP contribution in [0.25, 0.3) is 12.2 Å². The lowest BCUT2D eigenvalue weighted by Crippen LogP contribution is -2.17. The molecular formula is C24H22ClN3O. The first-order chi connectivity index (χ1) is 14.0. The van der Waals surface area contributed by atoms with E-state index in [0.717, 1.165) is 22.4 Å². The molecule has 3 aromatic rings. The van der Waals surface area contributed by atoms with Crippen molar-refractivity contribution in [3.05, 3.63) is 100 Å². The van der Waals surface area contributed by atoms with Crippen LogP contribution in [-0.2, 0) is 0 Å². The fourth-order valence-electron chi connectivity index (χ4n) is 2.68. The van der Waals surface area contributed by atoms with Gasteiger partial charge in [0.05, 0.1) is 6.21 Å². The molecule has 0 aliphatic rings. The molecule has 0 unspecified atom stereocenters. The van der Waals surface area contributed by atoms with Gasteiger partial charge in [0.2, 0.25) is 0 Å². The van der Waals surface area contributed by atoms with Crippen molar-refractivity contribution >= 4 is 41.6 Å². The van der Waals surface area contributed by atoms with Crippen molar-refractivity contribution in [2.45, 2.75) is 0 Å². The van der Waals surface area contributed by atoms with E-state index in [1.165, 1.54) is 0 Å². The normalized spacial score (nSPS) is 11.1. The van der Waals surface area contributed by atoms with Crippen LogP contribution < -0.4 is 10.3 Å². The standard InChI is InChI=1S/C24H22ClN3O/c1-28(2)22-14-12-21(13-15-22)24(29)27-26-17-19-7-5-6-18(16-19)10-11-20-8-3-4-9-23(20)25/h3-17H,1-2H3,(H,27,29). The van der Waals surface area contributed by atoms with Gasteiger partial charge in [-0.15, -0.1) is 0 Å². The fraction of sp³-hybridized carbons (Fsp3) is 0.0833. The van der Waals surface area contributed by atoms with Gasteiger partial charge < -0.3 is 4.90 Å². The third-order valence-electron chi connectivity index (χ3n) is 4.30. The predicted octanol–water partition coefficient (Wildman–Crippen LogP) is 5.34. The van der Waals surface area contributed by atoms with Crippen LogP contribution in [0.1, 0.15) is 27.0 Å². The van der Waals surface area contributed by atoms with Gasteiger partial charge in [0.25, 0.3) is 5.91 Å². The molecular weight excluding hydrogens is 382 g/mol. The number of hydrogen-bond acceptors (Lipinski definition) is 3. The zero-order valence-electron chi connectivity index (χ0n) is 16.3. The molecule has 3 aromatic carbocycles. The van der Waals surface area contributed by atoms with Crippen LogP contribution in [0.15, 0.2) is 77.9 Å². The number of halogens is 1. The predicted molar refractivity (Wildman–Crippen MR) is 123 cm³/mol. The maximum absolute atomic E-state index is 12.2. The van der Waals surface area contributed by atoms with E-state index in [1.807, 2.05) is 91.8 Å². The molecule has 146 valence electrons. The Morgan fingerprint density at radius 2 is 1.66 bits per heavy atom. The smallest absolute Gasteiger partial charge is 0.271 e. The van der Waals surface area contributed by atoms with Crippen molar-refractivity contribution in [2.24, 2.45) is 5.10 Å². The molecule has 0 spiro atoms. The van der Waals surface area contributed by atoms with E-state index in [2.05, 4.69) is 10.5 Å². The molecule has 0 aliphatic carbocycles. The van der Waals surface area contributed by atoms with Gasteiger partial charge in [0, 0.05) is 30.4 Å². The molecule has 0 saturated carbocycles. The van der Waals surface area contributed by atoms with Crippen molar-refractivity contribution in [1.29, 1.82) is 0 Å². The summed E-state index contributed by atoms with van der Waals surface area (Å²) in [7, 11) is 3.91. The van der Waals surface area contributed by atoms with E-state index >= 15 is 0 Å². The maximum Gasteiger partial charge on any atom is 0.271 e. The Morgan fingerprint density at radius 3 is 2.38 bits per heavy atom. The number of amides is 1. The van der Waals surface area contributed by atoms with Crippen LogP contribution in [0.3, 0.4) is 0 Å². The van der Waals surface area contributed by atoms with Gasteiger partial charge in [-0.25, -0.2) is 5.43 Å². The number of nitrogens with zero attached hydrogens (tertiary/aromatic N) is 2. The summed E-state index contributed by atoms with van der Waals surface area (Å²) in [6, 6.07) is 22.9. The van der Waals surface area contributed by atoms with Gasteiger partial charge in [0.15, 0.2) is 0 Å². The van der Waals surface area contributed by atoms with E-state index in [-0.39, 0.29) is 5.91 Å². The SMILES string of the molecule is CN(C)c1ccc(C(=O)NN=Cc2cccc(C=Cc3ccccc3Cl)c2)cc1. The number of benzene rings is 3. The topological polar surface area (TPSA) is 44.7 Å². The molecule has 1 N–H and O–H groups in total. The van der Waals surface area contributed by atoms with Crippen molar-refractivity contribution < 1.29 is 4.79 Å². The highest BCUT2D eigenvalue weighted by Gasteiger charge is 2.04. The van der Waals surface area contributed by atoms with Gasteiger partial charge in [-0.2, -0.15) is 5.10 Å². The first-order valence-electron chi connectivity index (χ1n) is 9.16. The number of carbonyl (C=O) groups excluding carboxylic acids is 1. The Hall–Kier alpha value is -3.37. The molecule has 29 heavy (non-hydrogen) atoms. The second kappa shape index (κ2) is 9.71. The quantitative estimate of drug-likeness (QED) is 0.343. The third-order valence-corrected chi connectivity index (χ3v) is 4.64. The molecule has 0 heterocycles. The molecule has 3 rings (SSSR count). The highest BCUT2D eigenvalue weighted by Crippen LogP contribution is 2.18. The number of hydrogen-bond donors (Lipinski definition) is 1. The summed E-state index contributed by atoms with van der Waals surface area (Å²) in [6.07, 6.45) is 5.58. The van der Waals surface area contributed by atoms with Crippen LogP contribution in [0.5, 0.6) is 0 Å². The Balaban J connectivity index is 1.63. The first-order valence-corrected chi connectivity index (χ1v) is 9.54. The summed E-state index contributed by atoms with van der Waals surface area (Å²) in [5.41, 5.74) is 7.01. The number of carbonyl (C=O) groups is 1. The number of nitrogens with one attached hydrogen (secondary N) is 1. The van der Waals surface area contributed by atoms with Crippen LogP contribution >= 0.6 is 11.6 Å². The molecule has 5 heteroatoms. The minimum atomic E-state index is -0.249. The van der Waals surface area contributed by atoms with Crippen molar-refractivity contribution in [2.75, 3.05) is 19.0 Å². The van der Waals surface area contributed by atoms with E-state index in [9.17, 15) is 4.79 Å². The molecule has 0 fully saturated rings. The summed E-state index contributed by atoms with van der Waals surface area (Å²) < 4.78 is 0. The number of hydrazone groups is 1. The van der Waals surface area contributed by atoms with Gasteiger partial charge in [-0.3, -0.25) is 4.79 Å². The third kappa shape index (κ3) is 5.80. The summed E-state index contributed by atoms with van der Waals surface area (Å²) in [5, 5.41) is 4.78. The molecule has 0 aliphatic heterocycles. The molecule has 4 nitrogen and oxygen atoms in total. The lowest BCUT2D eigenvalue weighted by molar-refractivity contribution is 0.0955. The van der Waals surface area contributed by atoms with E-state index in [1.54, 1.807) is 18.3 Å². The highest BCUT2D eigenvalue weighted by atomic mass is 35.5. The van der Waals surface area contributed by atoms with E-state index in [0.29, 0.717) is 10.6 Å². The largest absolute Gasteiger partial charge is 0.378 e. The average Bonchev–Trinajstić information content (AvgIpc) is 2.73. The lowest BCUT2D eigenvalue weighted by atomic mass is 10.1. The Kier molecular flexibility index (Phi) is 6.82. The second-order valence-corrected chi connectivity index (χ2v) is 7.07. The minimum Gasteiger partial charge on any atom is -0.378 e. The second-order valence-electron chi connectivity index (χ2n) is 6.67. The Bertz CT molecular complexity index is 1040. The zero-order valence-corrected chi connectivity index (χ0v) is 17.1. The van der Waals surface area contributed by atoms with Crippen molar-refractivity contribution in [3.8, 4) is 0 Å². The van der Waals surface area contributed by atoms with Crippen LogP contribution in [0.4, 0.5) is 5.69 Å². The molecule has 0 saturated heterocycles. The molecule has 0 atom stereocenters. The van der Waals surface area contributed by atoms with Gasteiger partial charge >= 0.3 is 0 Å². The zero-order chi connectivity index (χ0) is 20.6. The fourth-order valence-corrected chi connectivity index (χ4v) is 2.88. The van der Waals surface area contributed by atoms with Gasteiger partial charge in [0.1, 0.15) is 0 Å². The monoisotopic (exact) mass is 403 g/mol. The minimum absolute atomic E-state index is 0.249. The van der Waals surface area contributed by atoms with E-state index in [4.69, 9.17) is 11.6 Å². The number of anilines is 1. The molecule has 0 radical (unpaired) electrons. The summed E-state index contributed by atoms with van der Waals surface area (Å²) in [4.78, 5) is 14.2. The Morgan fingerprint density at radius 1 is 0.931 bits per heavy atom. The molecule has 0 bridgehead atoms. The van der Waals surface area contributed by atoms with Crippen molar-refractivity contribution in [1.82, 2.24) is 5.43 Å². The molecule has 1 amide bonds. The number of rotatable bonds is 6. The highest BCUT2D eigenvalue weighted by molar-refractivity contribution is 6.32. The van der Waals surface area contributed by atoms with Crippen LogP contribution in [0.2, 0.25) is 5.02 Å². The Labute approximate surface area is 176 Å². The average molecular weight is 404 g/mol. The van der Waals surface area contributed by atoms with E-state index < -0.39 is 0 Å². The van der Waals surface area contributed by atoms with Crippen molar-refractivity contribution in [3.63, 3.8) is 0 Å².